The van der Waals surface area contributed by atoms with Gasteiger partial charge in [-0.2, -0.15) is 0 Å². The van der Waals surface area contributed by atoms with Crippen LogP contribution in [0.5, 0.6) is 11.5 Å². The van der Waals surface area contributed by atoms with Crippen LogP contribution in [0.25, 0.3) is 6.08 Å². The monoisotopic (exact) mass is 409 g/mol. The first kappa shape index (κ1) is 23.5. The van der Waals surface area contributed by atoms with Crippen LogP contribution in [0.3, 0.4) is 0 Å². The third-order valence-electron chi connectivity index (χ3n) is 6.31. The molecule has 0 radical (unpaired) electrons. The van der Waals surface area contributed by atoms with Crippen molar-refractivity contribution < 1.29 is 14.6 Å². The lowest BCUT2D eigenvalue weighted by atomic mass is 9.74. The van der Waals surface area contributed by atoms with Crippen LogP contribution < -0.4 is 10.5 Å². The summed E-state index contributed by atoms with van der Waals surface area (Å²) >= 11 is 0. The maximum Gasteiger partial charge on any atom is 0.185 e. The summed E-state index contributed by atoms with van der Waals surface area (Å²) in [4.78, 5) is 12.7. The Morgan fingerprint density at radius 1 is 1.03 bits per heavy atom. The molecule has 0 saturated heterocycles. The molecule has 0 heterocycles. The topological polar surface area (TPSA) is 72.5 Å². The van der Waals surface area contributed by atoms with E-state index in [0.717, 1.165) is 24.0 Å². The second-order valence-electron chi connectivity index (χ2n) is 9.06. The highest BCUT2D eigenvalue weighted by atomic mass is 16.5. The molecule has 0 amide bonds. The third kappa shape index (κ3) is 4.69. The molecule has 2 aromatic carbocycles. The van der Waals surface area contributed by atoms with Crippen LogP contribution in [0, 0.1) is 0 Å². The molecule has 0 aliphatic heterocycles. The van der Waals surface area contributed by atoms with E-state index in [-0.39, 0.29) is 22.4 Å². The molecule has 4 nitrogen and oxygen atoms in total. The van der Waals surface area contributed by atoms with E-state index in [4.69, 9.17) is 10.5 Å². The molecule has 0 aliphatic rings. The quantitative estimate of drug-likeness (QED) is 0.307. The zero-order chi connectivity index (χ0) is 22.7. The standard InChI is InChI=1S/C26H35NO3/c1-8-25(3,4)20-16-21(26(5,6)9-2)24(30-7)19(23(20)29)14-15-22(28)17-10-12-18(27)13-11-17/h10-16,29H,8-9,27H2,1-7H3. The number of rotatable bonds is 8. The number of hydrogen-bond donors (Lipinski definition) is 2. The number of phenolic OH excluding ortho intramolecular Hbond substituents is 1. The minimum Gasteiger partial charge on any atom is -0.507 e. The van der Waals surface area contributed by atoms with Crippen molar-refractivity contribution in [2.45, 2.75) is 65.2 Å². The van der Waals surface area contributed by atoms with Gasteiger partial charge in [0.05, 0.1) is 12.7 Å². The molecule has 4 heteroatoms. The second kappa shape index (κ2) is 8.95. The number of hydrogen-bond acceptors (Lipinski definition) is 4. The van der Waals surface area contributed by atoms with Crippen LogP contribution in [0.4, 0.5) is 5.69 Å². The van der Waals surface area contributed by atoms with Crippen molar-refractivity contribution in [3.05, 3.63) is 58.7 Å². The van der Waals surface area contributed by atoms with Crippen molar-refractivity contribution >= 4 is 17.5 Å². The predicted molar refractivity (Wildman–Crippen MR) is 126 cm³/mol. The van der Waals surface area contributed by atoms with Crippen molar-refractivity contribution in [1.82, 2.24) is 0 Å². The first-order valence-corrected chi connectivity index (χ1v) is 10.5. The first-order valence-electron chi connectivity index (χ1n) is 10.5. The number of carbonyl (C=O) groups is 1. The van der Waals surface area contributed by atoms with Crippen LogP contribution in [0.15, 0.2) is 36.4 Å². The Balaban J connectivity index is 2.69. The van der Waals surface area contributed by atoms with E-state index in [1.165, 1.54) is 6.08 Å². The molecule has 0 aliphatic carbocycles. The molecule has 0 spiro atoms. The maximum absolute atomic E-state index is 12.7. The van der Waals surface area contributed by atoms with Gasteiger partial charge in [0.1, 0.15) is 11.5 Å². The van der Waals surface area contributed by atoms with Gasteiger partial charge in [0.25, 0.3) is 0 Å². The molecule has 0 bridgehead atoms. The number of aromatic hydroxyl groups is 1. The number of carbonyl (C=O) groups excluding carboxylic acids is 1. The SMILES string of the molecule is CCC(C)(C)c1cc(C(C)(C)CC)c(OC)c(C=CC(=O)c2ccc(N)cc2)c1O. The normalized spacial score (nSPS) is 12.4. The summed E-state index contributed by atoms with van der Waals surface area (Å²) in [6, 6.07) is 8.86. The number of anilines is 1. The highest BCUT2D eigenvalue weighted by molar-refractivity contribution is 6.07. The molecule has 0 aromatic heterocycles. The fourth-order valence-corrected chi connectivity index (χ4v) is 3.35. The molecule has 30 heavy (non-hydrogen) atoms. The van der Waals surface area contributed by atoms with Gasteiger partial charge < -0.3 is 15.6 Å². The average molecular weight is 410 g/mol. The number of allylic oxidation sites excluding steroid dienone is 1. The Labute approximate surface area is 180 Å². The van der Waals surface area contributed by atoms with Crippen molar-refractivity contribution in [2.75, 3.05) is 12.8 Å². The Hall–Kier alpha value is -2.75. The summed E-state index contributed by atoms with van der Waals surface area (Å²) in [5, 5.41) is 11.2. The Bertz CT molecular complexity index is 938. The van der Waals surface area contributed by atoms with Crippen molar-refractivity contribution in [1.29, 1.82) is 0 Å². The first-order chi connectivity index (χ1) is 14.0. The number of nitrogens with two attached hydrogens (primary N) is 1. The van der Waals surface area contributed by atoms with E-state index in [9.17, 15) is 9.90 Å². The minimum absolute atomic E-state index is 0.152. The Kier molecular flexibility index (Phi) is 7.02. The van der Waals surface area contributed by atoms with Crippen LogP contribution in [-0.2, 0) is 10.8 Å². The second-order valence-corrected chi connectivity index (χ2v) is 9.06. The van der Waals surface area contributed by atoms with Gasteiger partial charge in [0.2, 0.25) is 0 Å². The predicted octanol–water partition coefficient (Wildman–Crippen LogP) is 6.25. The van der Waals surface area contributed by atoms with Gasteiger partial charge in [-0.3, -0.25) is 4.79 Å². The summed E-state index contributed by atoms with van der Waals surface area (Å²) in [6.45, 7) is 12.8. The van der Waals surface area contributed by atoms with E-state index >= 15 is 0 Å². The molecule has 0 unspecified atom stereocenters. The Morgan fingerprint density at radius 2 is 1.57 bits per heavy atom. The van der Waals surface area contributed by atoms with E-state index in [0.29, 0.717) is 22.6 Å². The molecule has 2 aromatic rings. The van der Waals surface area contributed by atoms with Gasteiger partial charge in [-0.25, -0.2) is 0 Å². The van der Waals surface area contributed by atoms with E-state index < -0.39 is 0 Å². The molecule has 162 valence electrons. The highest BCUT2D eigenvalue weighted by Gasteiger charge is 2.31. The van der Waals surface area contributed by atoms with E-state index in [2.05, 4.69) is 47.6 Å². The van der Waals surface area contributed by atoms with E-state index in [1.54, 1.807) is 37.5 Å². The summed E-state index contributed by atoms with van der Waals surface area (Å²) in [6.07, 6.45) is 4.92. The largest absolute Gasteiger partial charge is 0.507 e. The zero-order valence-electron chi connectivity index (χ0n) is 19.3. The summed E-state index contributed by atoms with van der Waals surface area (Å²) in [5.41, 5.74) is 8.91. The Morgan fingerprint density at radius 3 is 2.07 bits per heavy atom. The molecule has 0 atom stereocenters. The number of phenols is 1. The number of nitrogen functional groups attached to an aromatic ring is 1. The molecule has 2 rings (SSSR count). The molecule has 3 N–H and O–H groups in total. The lowest BCUT2D eigenvalue weighted by molar-refractivity contribution is 0.104. The van der Waals surface area contributed by atoms with Gasteiger partial charge in [-0.05, 0) is 66.2 Å². The number of benzene rings is 2. The van der Waals surface area contributed by atoms with Crippen molar-refractivity contribution in [3.63, 3.8) is 0 Å². The third-order valence-corrected chi connectivity index (χ3v) is 6.31. The highest BCUT2D eigenvalue weighted by Crippen LogP contribution is 2.46. The minimum atomic E-state index is -0.224. The van der Waals surface area contributed by atoms with Crippen LogP contribution >= 0.6 is 0 Å². The average Bonchev–Trinajstić information content (AvgIpc) is 2.72. The summed E-state index contributed by atoms with van der Waals surface area (Å²) < 4.78 is 5.76. The summed E-state index contributed by atoms with van der Waals surface area (Å²) in [7, 11) is 1.60. The summed E-state index contributed by atoms with van der Waals surface area (Å²) in [5.74, 6) is 0.611. The number of methoxy groups -OCH3 is 1. The lowest BCUT2D eigenvalue weighted by Gasteiger charge is -2.32. The fraction of sp³-hybridized carbons (Fsp3) is 0.423. The van der Waals surface area contributed by atoms with Gasteiger partial charge in [-0.15, -0.1) is 0 Å². The number of ether oxygens (including phenoxy) is 1. The number of ketones is 1. The lowest BCUT2D eigenvalue weighted by Crippen LogP contribution is -2.22. The van der Waals surface area contributed by atoms with Crippen LogP contribution in [-0.4, -0.2) is 18.0 Å². The van der Waals surface area contributed by atoms with Crippen LogP contribution in [0.1, 0.15) is 81.4 Å². The van der Waals surface area contributed by atoms with Gasteiger partial charge in [0, 0.05) is 22.4 Å². The van der Waals surface area contributed by atoms with Gasteiger partial charge >= 0.3 is 0 Å². The zero-order valence-corrected chi connectivity index (χ0v) is 19.3. The smallest absolute Gasteiger partial charge is 0.185 e. The molecular weight excluding hydrogens is 374 g/mol. The van der Waals surface area contributed by atoms with Gasteiger partial charge in [-0.1, -0.05) is 41.5 Å². The fourth-order valence-electron chi connectivity index (χ4n) is 3.35. The van der Waals surface area contributed by atoms with E-state index in [1.807, 2.05) is 0 Å². The molecule has 0 saturated carbocycles. The molecular formula is C26H35NO3. The van der Waals surface area contributed by atoms with Crippen molar-refractivity contribution in [2.24, 2.45) is 0 Å². The van der Waals surface area contributed by atoms with Crippen molar-refractivity contribution in [3.8, 4) is 11.5 Å². The molecule has 0 fully saturated rings. The van der Waals surface area contributed by atoms with Gasteiger partial charge in [0.15, 0.2) is 5.78 Å². The van der Waals surface area contributed by atoms with Crippen LogP contribution in [0.2, 0.25) is 0 Å². The maximum atomic E-state index is 12.7.